The van der Waals surface area contributed by atoms with Crippen LogP contribution >= 0.6 is 0 Å². The molecule has 0 amide bonds. The van der Waals surface area contributed by atoms with E-state index in [1.165, 1.54) is 10.8 Å². The number of fused-ring (bicyclic) bond motifs is 11. The van der Waals surface area contributed by atoms with Crippen molar-refractivity contribution in [2.45, 2.75) is 0 Å². The average molecular weight is 870 g/mol. The summed E-state index contributed by atoms with van der Waals surface area (Å²) in [6.45, 7) is -0.189. The fourth-order valence-electron chi connectivity index (χ4n) is 11.1. The summed E-state index contributed by atoms with van der Waals surface area (Å²) in [6, 6.07) is 86.5. The number of para-hydroxylation sites is 5. The molecule has 5 nitrogen and oxygen atoms in total. The van der Waals surface area contributed by atoms with E-state index in [0.29, 0.717) is 0 Å². The van der Waals surface area contributed by atoms with E-state index in [1.807, 2.05) is 6.07 Å². The molecule has 0 radical (unpaired) electrons. The minimum Gasteiger partial charge on any atom is -0.458 e. The highest BCUT2D eigenvalue weighted by Gasteiger charge is 2.43. The smallest absolute Gasteiger partial charge is 0.262 e. The number of anilines is 6. The summed E-state index contributed by atoms with van der Waals surface area (Å²) in [5.41, 5.74) is 13.1. The van der Waals surface area contributed by atoms with Gasteiger partial charge in [-0.3, -0.25) is 0 Å². The molecule has 2 aliphatic rings. The Bertz CT molecular complexity index is 3890. The summed E-state index contributed by atoms with van der Waals surface area (Å²) in [5.74, 6) is 3.26. The summed E-state index contributed by atoms with van der Waals surface area (Å²) >= 11 is 0. The first kappa shape index (κ1) is 38.3. The van der Waals surface area contributed by atoms with E-state index in [2.05, 4.69) is 251 Å². The van der Waals surface area contributed by atoms with Gasteiger partial charge in [-0.1, -0.05) is 152 Å². The van der Waals surface area contributed by atoms with Gasteiger partial charge in [0.2, 0.25) is 0 Å². The predicted octanol–water partition coefficient (Wildman–Crippen LogP) is 14.8. The van der Waals surface area contributed by atoms with Gasteiger partial charge < -0.3 is 23.8 Å². The quantitative estimate of drug-likeness (QED) is 0.149. The average Bonchev–Trinajstić information content (AvgIpc) is 3.75. The number of hydrogen-bond donors (Lipinski definition) is 0. The molecule has 6 heteroatoms. The van der Waals surface area contributed by atoms with Gasteiger partial charge in [0.25, 0.3) is 6.71 Å². The summed E-state index contributed by atoms with van der Waals surface area (Å²) in [6.07, 6.45) is 0. The lowest BCUT2D eigenvalue weighted by Gasteiger charge is -2.37. The van der Waals surface area contributed by atoms with E-state index in [1.54, 1.807) is 0 Å². The Morgan fingerprint density at radius 2 is 0.735 bits per heavy atom. The Kier molecular flexibility index (Phi) is 8.61. The van der Waals surface area contributed by atoms with Gasteiger partial charge in [0, 0.05) is 61.9 Å². The molecule has 2 aliphatic heterocycles. The molecule has 318 valence electrons. The molecule has 0 fully saturated rings. The third kappa shape index (κ3) is 5.77. The van der Waals surface area contributed by atoms with Crippen LogP contribution in [0.2, 0.25) is 0 Å². The number of rotatable bonds is 7. The minimum atomic E-state index is -0.189. The molecule has 0 unspecified atom stereocenters. The van der Waals surface area contributed by atoms with Crippen LogP contribution in [0, 0.1) is 0 Å². The zero-order valence-electron chi connectivity index (χ0n) is 36.8. The highest BCUT2D eigenvalue weighted by atomic mass is 16.5. The Morgan fingerprint density at radius 3 is 1.29 bits per heavy atom. The third-order valence-electron chi connectivity index (χ3n) is 13.8. The minimum absolute atomic E-state index is 0.189. The number of ether oxygens (including phenoxy) is 2. The first-order valence-corrected chi connectivity index (χ1v) is 23.2. The maximum Gasteiger partial charge on any atom is 0.262 e. The van der Waals surface area contributed by atoms with Crippen molar-refractivity contribution in [3.8, 4) is 28.7 Å². The highest BCUT2D eigenvalue weighted by Crippen LogP contribution is 2.49. The van der Waals surface area contributed by atoms with Crippen LogP contribution in [0.1, 0.15) is 0 Å². The Morgan fingerprint density at radius 1 is 0.309 bits per heavy atom. The largest absolute Gasteiger partial charge is 0.458 e. The van der Waals surface area contributed by atoms with Gasteiger partial charge in [0.1, 0.15) is 23.0 Å². The molecule has 3 heterocycles. The van der Waals surface area contributed by atoms with E-state index in [4.69, 9.17) is 9.47 Å². The van der Waals surface area contributed by atoms with Gasteiger partial charge in [-0.15, -0.1) is 0 Å². The van der Waals surface area contributed by atoms with Gasteiger partial charge in [-0.25, -0.2) is 0 Å². The first-order valence-electron chi connectivity index (χ1n) is 23.2. The third-order valence-corrected chi connectivity index (χ3v) is 13.8. The Labute approximate surface area is 394 Å². The van der Waals surface area contributed by atoms with E-state index in [-0.39, 0.29) is 6.71 Å². The molecule has 0 atom stereocenters. The molecular weight excluding hydrogens is 830 g/mol. The molecule has 68 heavy (non-hydrogen) atoms. The second kappa shape index (κ2) is 15.3. The van der Waals surface area contributed by atoms with Gasteiger partial charge >= 0.3 is 0 Å². The molecule has 1 aromatic heterocycles. The maximum absolute atomic E-state index is 7.20. The van der Waals surface area contributed by atoms with Crippen molar-refractivity contribution in [1.82, 2.24) is 4.57 Å². The van der Waals surface area contributed by atoms with E-state index < -0.39 is 0 Å². The monoisotopic (exact) mass is 869 g/mol. The van der Waals surface area contributed by atoms with E-state index in [9.17, 15) is 0 Å². The Hall–Kier alpha value is -9.00. The number of aromatic nitrogens is 1. The second-order valence-electron chi connectivity index (χ2n) is 17.5. The van der Waals surface area contributed by atoms with Crippen LogP contribution in [0.25, 0.3) is 49.0 Å². The van der Waals surface area contributed by atoms with Crippen molar-refractivity contribution in [2.75, 3.05) is 9.80 Å². The lowest BCUT2D eigenvalue weighted by molar-refractivity contribution is 0.465. The lowest BCUT2D eigenvalue weighted by atomic mass is 9.33. The van der Waals surface area contributed by atoms with Crippen molar-refractivity contribution in [3.63, 3.8) is 0 Å². The molecule has 0 N–H and O–H groups in total. The van der Waals surface area contributed by atoms with Crippen molar-refractivity contribution in [1.29, 1.82) is 0 Å². The van der Waals surface area contributed by atoms with Crippen LogP contribution < -0.4 is 35.7 Å². The van der Waals surface area contributed by atoms with Crippen LogP contribution in [0.5, 0.6) is 23.0 Å². The fraction of sp³-hybridized carbons (Fsp3) is 0. The highest BCUT2D eigenvalue weighted by molar-refractivity contribution is 7.01. The van der Waals surface area contributed by atoms with Gasteiger partial charge in [-0.2, -0.15) is 0 Å². The molecule has 0 spiro atoms. The Balaban J connectivity index is 1.03. The van der Waals surface area contributed by atoms with Crippen molar-refractivity contribution in [3.05, 3.63) is 243 Å². The van der Waals surface area contributed by atoms with Crippen molar-refractivity contribution < 1.29 is 9.47 Å². The molecule has 0 saturated carbocycles. The zero-order valence-corrected chi connectivity index (χ0v) is 36.8. The lowest BCUT2D eigenvalue weighted by Crippen LogP contribution is -2.58. The van der Waals surface area contributed by atoms with Gasteiger partial charge in [0.05, 0.1) is 28.1 Å². The number of benzene rings is 11. The zero-order chi connectivity index (χ0) is 44.7. The first-order chi connectivity index (χ1) is 33.8. The molecule has 14 rings (SSSR count). The number of nitrogens with zero attached hydrogens (tertiary/aromatic N) is 3. The standard InChI is InChI=1S/C62H40BN3O2/c1-5-21-41(22-6-1)64(42-23-7-2-8-24-42)53-39-57-60(47-31-15-13-29-45(47)53)63-61-48-32-16-14-30-46(48)54(40-58(61)68-56-38-20-37-55(67-57)62(56)63)66(44-27-11-4-12-28-44)52-36-19-35-51-59(52)49-33-17-18-34-50(49)65(51)43-25-9-3-10-26-43/h1-40H. The summed E-state index contributed by atoms with van der Waals surface area (Å²) < 4.78 is 16.7. The summed E-state index contributed by atoms with van der Waals surface area (Å²) in [4.78, 5) is 4.77. The normalized spacial score (nSPS) is 12.3. The fourth-order valence-corrected chi connectivity index (χ4v) is 11.1. The van der Waals surface area contributed by atoms with Gasteiger partial charge in [0.15, 0.2) is 0 Å². The topological polar surface area (TPSA) is 29.9 Å². The van der Waals surface area contributed by atoms with E-state index >= 15 is 0 Å². The van der Waals surface area contributed by atoms with E-state index in [0.717, 1.165) is 112 Å². The van der Waals surface area contributed by atoms with Crippen LogP contribution in [-0.4, -0.2) is 11.3 Å². The summed E-state index contributed by atoms with van der Waals surface area (Å²) in [5, 5.41) is 6.88. The predicted molar refractivity (Wildman–Crippen MR) is 283 cm³/mol. The number of hydrogen-bond acceptors (Lipinski definition) is 4. The molecule has 0 saturated heterocycles. The molecular formula is C62H40BN3O2. The van der Waals surface area contributed by atoms with Gasteiger partial charge in [-0.05, 0) is 101 Å². The molecule has 0 bridgehead atoms. The van der Waals surface area contributed by atoms with Crippen molar-refractivity contribution in [2.24, 2.45) is 0 Å². The molecule has 11 aromatic carbocycles. The molecule has 0 aliphatic carbocycles. The summed E-state index contributed by atoms with van der Waals surface area (Å²) in [7, 11) is 0. The van der Waals surface area contributed by atoms with Crippen LogP contribution in [0.3, 0.4) is 0 Å². The second-order valence-corrected chi connectivity index (χ2v) is 17.5. The maximum atomic E-state index is 7.20. The van der Waals surface area contributed by atoms with Crippen LogP contribution in [-0.2, 0) is 0 Å². The van der Waals surface area contributed by atoms with Crippen LogP contribution in [0.4, 0.5) is 34.1 Å². The SMILES string of the molecule is c1ccc(N(c2ccccc2)c2cc3c(c4ccccc24)B2c4c(cccc4Oc4cc(N(c5ccccc5)c5cccc6c5c5ccccc5n6-c5ccccc5)c5ccccc5c42)O3)cc1. The van der Waals surface area contributed by atoms with Crippen LogP contribution in [0.15, 0.2) is 243 Å². The van der Waals surface area contributed by atoms with Crippen molar-refractivity contribution >= 4 is 101 Å². The molecule has 12 aromatic rings.